The fourth-order valence-electron chi connectivity index (χ4n) is 4.20. The number of halogens is 7. The summed E-state index contributed by atoms with van der Waals surface area (Å²) in [6.07, 6.45) is 0. The molecule has 0 spiro atoms. The zero-order valence-corrected chi connectivity index (χ0v) is 26.2. The first-order valence-corrected chi connectivity index (χ1v) is 15.0. The molecule has 3 nitrogen and oxygen atoms in total. The van der Waals surface area contributed by atoms with Crippen LogP contribution in [-0.4, -0.2) is 15.0 Å². The molecular weight excluding hydrogens is 795 g/mol. The van der Waals surface area contributed by atoms with Gasteiger partial charge in [0.25, 0.3) is 0 Å². The molecule has 0 saturated heterocycles. The number of rotatable bonds is 2. The molecule has 7 rings (SSSR count). The molecule has 0 unspecified atom stereocenters. The van der Waals surface area contributed by atoms with Crippen molar-refractivity contribution in [3.8, 4) is 22.6 Å². The SMILES string of the molecule is F[P-](F)(F)(F)(F)F.Fc1c[c-]c(-c2ccc3ccccc3n2)cc1.[Ir].c1ccc2nc(-c3ccc4ccccc4n3)ccc2c1. The molecule has 0 saturated carbocycles. The third kappa shape index (κ3) is 10.4. The molecule has 0 aliphatic carbocycles. The van der Waals surface area contributed by atoms with Crippen molar-refractivity contribution in [2.45, 2.75) is 0 Å². The molecule has 0 aliphatic heterocycles. The van der Waals surface area contributed by atoms with Gasteiger partial charge in [-0.05, 0) is 41.4 Å². The molecule has 12 heteroatoms. The second-order valence-corrected chi connectivity index (χ2v) is 11.5. The summed E-state index contributed by atoms with van der Waals surface area (Å²) < 4.78 is 72.0. The Hall–Kier alpha value is -4.30. The third-order valence-corrected chi connectivity index (χ3v) is 6.11. The van der Waals surface area contributed by atoms with Crippen LogP contribution < -0.4 is 0 Å². The maximum atomic E-state index is 12.8. The largest absolute Gasteiger partial charge is 0.296 e. The molecule has 3 aromatic heterocycles. The van der Waals surface area contributed by atoms with Gasteiger partial charge in [-0.1, -0.05) is 78.9 Å². The monoisotopic (exact) mass is 816 g/mol. The molecule has 0 aliphatic rings. The predicted octanol–water partition coefficient (Wildman–Crippen LogP) is 11.7. The van der Waals surface area contributed by atoms with Crippen LogP contribution in [-0.2, 0) is 20.1 Å². The van der Waals surface area contributed by atoms with Crippen molar-refractivity contribution in [1.82, 2.24) is 15.0 Å². The molecule has 0 atom stereocenters. The Balaban J connectivity index is 0.000000169. The van der Waals surface area contributed by atoms with E-state index in [0.29, 0.717) is 0 Å². The molecule has 4 aromatic carbocycles. The fraction of sp³-hybridized carbons (Fsp3) is 0. The normalized spacial score (nSPS) is 12.5. The molecule has 7 aromatic rings. The van der Waals surface area contributed by atoms with Crippen LogP contribution in [0.4, 0.5) is 29.6 Å². The van der Waals surface area contributed by atoms with Crippen LogP contribution in [0, 0.1) is 11.9 Å². The molecule has 45 heavy (non-hydrogen) atoms. The minimum atomic E-state index is -10.7. The molecular formula is C33H21F7IrN3P-2. The van der Waals surface area contributed by atoms with Crippen LogP contribution >= 0.6 is 7.81 Å². The average molecular weight is 816 g/mol. The third-order valence-electron chi connectivity index (χ3n) is 6.11. The summed E-state index contributed by atoms with van der Waals surface area (Å²) in [6.45, 7) is 0. The minimum Gasteiger partial charge on any atom is -0.296 e. The van der Waals surface area contributed by atoms with E-state index in [0.717, 1.165) is 55.4 Å². The van der Waals surface area contributed by atoms with Crippen LogP contribution in [0.15, 0.2) is 127 Å². The van der Waals surface area contributed by atoms with Gasteiger partial charge in [-0.3, -0.25) is 9.37 Å². The summed E-state index contributed by atoms with van der Waals surface area (Å²) in [7, 11) is -10.7. The molecule has 0 fully saturated rings. The maximum Gasteiger partial charge on any atom is 0.0894 e. The summed E-state index contributed by atoms with van der Waals surface area (Å²) in [5.41, 5.74) is 6.37. The summed E-state index contributed by atoms with van der Waals surface area (Å²) in [5, 5.41) is 3.40. The predicted molar refractivity (Wildman–Crippen MR) is 162 cm³/mol. The first-order valence-electron chi connectivity index (χ1n) is 13.0. The zero-order valence-electron chi connectivity index (χ0n) is 22.9. The van der Waals surface area contributed by atoms with Crippen molar-refractivity contribution in [1.29, 1.82) is 0 Å². The number of para-hydroxylation sites is 3. The molecule has 233 valence electrons. The smallest absolute Gasteiger partial charge is 0.0894 e. The average Bonchev–Trinajstić information content (AvgIpc) is 2.99. The van der Waals surface area contributed by atoms with E-state index >= 15 is 0 Å². The summed E-state index contributed by atoms with van der Waals surface area (Å²) in [6, 6.07) is 43.6. The van der Waals surface area contributed by atoms with Crippen molar-refractivity contribution in [3.63, 3.8) is 0 Å². The van der Waals surface area contributed by atoms with Crippen LogP contribution in [0.25, 0.3) is 55.4 Å². The van der Waals surface area contributed by atoms with Crippen molar-refractivity contribution < 1.29 is 49.7 Å². The number of pyridine rings is 3. The van der Waals surface area contributed by atoms with Crippen LogP contribution in [0.1, 0.15) is 0 Å². The van der Waals surface area contributed by atoms with Gasteiger partial charge >= 0.3 is 33.0 Å². The Labute approximate surface area is 266 Å². The Morgan fingerprint density at radius 3 is 1.18 bits per heavy atom. The van der Waals surface area contributed by atoms with Gasteiger partial charge in [-0.15, -0.1) is 29.8 Å². The van der Waals surface area contributed by atoms with Gasteiger partial charge in [0.15, 0.2) is 0 Å². The fourth-order valence-corrected chi connectivity index (χ4v) is 4.20. The number of nitrogens with zero attached hydrogens (tertiary/aromatic N) is 3. The maximum absolute atomic E-state index is 12.8. The number of aromatic nitrogens is 3. The number of benzene rings is 4. The van der Waals surface area contributed by atoms with Crippen LogP contribution in [0.5, 0.6) is 0 Å². The Bertz CT molecular complexity index is 2000. The zero-order chi connectivity index (χ0) is 31.4. The van der Waals surface area contributed by atoms with Crippen LogP contribution in [0.2, 0.25) is 0 Å². The van der Waals surface area contributed by atoms with E-state index in [2.05, 4.69) is 45.3 Å². The molecule has 0 amide bonds. The van der Waals surface area contributed by atoms with E-state index < -0.39 is 7.81 Å². The minimum absolute atomic E-state index is 0. The van der Waals surface area contributed by atoms with Gasteiger partial charge < -0.3 is 0 Å². The number of hydrogen-bond acceptors (Lipinski definition) is 3. The summed E-state index contributed by atoms with van der Waals surface area (Å²) >= 11 is 0. The van der Waals surface area contributed by atoms with E-state index in [1.807, 2.05) is 84.9 Å². The van der Waals surface area contributed by atoms with Crippen molar-refractivity contribution >= 4 is 40.5 Å². The first-order chi connectivity index (χ1) is 20.7. The van der Waals surface area contributed by atoms with Gasteiger partial charge in [-0.2, -0.15) is 0 Å². The van der Waals surface area contributed by atoms with Crippen molar-refractivity contribution in [2.24, 2.45) is 0 Å². The van der Waals surface area contributed by atoms with Gasteiger partial charge in [-0.25, -0.2) is 9.97 Å². The van der Waals surface area contributed by atoms with Crippen molar-refractivity contribution in [2.75, 3.05) is 0 Å². The first kappa shape index (κ1) is 33.6. The second kappa shape index (κ2) is 12.6. The van der Waals surface area contributed by atoms with Gasteiger partial charge in [0.2, 0.25) is 0 Å². The Kier molecular flexibility index (Phi) is 9.40. The van der Waals surface area contributed by atoms with E-state index in [4.69, 9.17) is 0 Å². The summed E-state index contributed by atoms with van der Waals surface area (Å²) in [4.78, 5) is 13.9. The quantitative estimate of drug-likeness (QED) is 0.0991. The second-order valence-electron chi connectivity index (χ2n) is 9.55. The Morgan fingerprint density at radius 1 is 0.444 bits per heavy atom. The van der Waals surface area contributed by atoms with Crippen LogP contribution in [0.3, 0.4) is 0 Å². The van der Waals surface area contributed by atoms with Gasteiger partial charge in [0.1, 0.15) is 0 Å². The number of hydrogen-bond donors (Lipinski definition) is 0. The van der Waals surface area contributed by atoms with E-state index in [-0.39, 0.29) is 25.9 Å². The molecule has 0 bridgehead atoms. The van der Waals surface area contributed by atoms with E-state index in [1.165, 1.54) is 12.1 Å². The number of fused-ring (bicyclic) bond motifs is 3. The molecule has 0 N–H and O–H groups in total. The van der Waals surface area contributed by atoms with Crippen molar-refractivity contribution in [3.05, 3.63) is 139 Å². The molecule has 1 radical (unpaired) electrons. The van der Waals surface area contributed by atoms with E-state index in [9.17, 15) is 29.6 Å². The standard InChI is InChI=1S/C18H12N2.C15H9FN.F6P.Ir/c1-3-7-15-13(5-1)9-11-17(19-15)18-12-10-14-6-2-4-8-16(14)20-18;16-13-8-5-12(6-9-13)15-10-7-11-3-1-2-4-14(11)17-15;1-7(2,3,4,5)6;/h1-12H;1-5,7-10H;;/q;2*-1;. The topological polar surface area (TPSA) is 38.7 Å². The van der Waals surface area contributed by atoms with E-state index in [1.54, 1.807) is 6.07 Å². The van der Waals surface area contributed by atoms with Gasteiger partial charge in [0.05, 0.1) is 27.9 Å². The Morgan fingerprint density at radius 2 is 0.800 bits per heavy atom. The molecule has 3 heterocycles. The van der Waals surface area contributed by atoms with Gasteiger partial charge in [0, 0.05) is 36.7 Å². The summed E-state index contributed by atoms with van der Waals surface area (Å²) in [5.74, 6) is -0.283.